The number of nitrogens with zero attached hydrogens (tertiary/aromatic N) is 2. The van der Waals surface area contributed by atoms with Crippen molar-refractivity contribution >= 4 is 17.8 Å². The Morgan fingerprint density at radius 2 is 2.12 bits per heavy atom. The Labute approximate surface area is 120 Å². The van der Waals surface area contributed by atoms with Gasteiger partial charge in [0.15, 0.2) is 6.03 Å². The molecule has 0 aromatic rings. The molecule has 4 N–H and O–H groups in total. The molecule has 0 aromatic carbocycles. The molecule has 4 amide bonds. The van der Waals surface area contributed by atoms with Crippen LogP contribution in [0.5, 0.6) is 0 Å². The van der Waals surface area contributed by atoms with E-state index in [0.29, 0.717) is 12.1 Å². The van der Waals surface area contributed by atoms with Crippen LogP contribution in [-0.4, -0.2) is 41.4 Å². The van der Waals surface area contributed by atoms with Crippen molar-refractivity contribution in [3.05, 3.63) is 17.0 Å². The molecular formula is C9H11N4NaO3. The van der Waals surface area contributed by atoms with E-state index in [1.165, 1.54) is 11.0 Å². The van der Waals surface area contributed by atoms with Crippen molar-refractivity contribution < 1.29 is 43.9 Å². The molecule has 17 heavy (non-hydrogen) atoms. The summed E-state index contributed by atoms with van der Waals surface area (Å²) < 4.78 is 0. The summed E-state index contributed by atoms with van der Waals surface area (Å²) in [5, 5.41) is 3.82. The standard InChI is InChI=1S/C9H12N4O3.Na/c10-7(14)2-4-1-6(8(11)15)13-3-5(4)12-9(13)16;/h1,5-6H,2-3H2,(H5,10,11,12,14,15,16);/q;+1/p-1/t5-,6-;/m0./s1. The van der Waals surface area contributed by atoms with Crippen LogP contribution in [0.1, 0.15) is 6.42 Å². The summed E-state index contributed by atoms with van der Waals surface area (Å²) in [6.07, 6.45) is 1.51. The second kappa shape index (κ2) is 5.07. The minimum atomic E-state index is -0.815. The summed E-state index contributed by atoms with van der Waals surface area (Å²) in [6, 6.07) is -1.65. The summed E-state index contributed by atoms with van der Waals surface area (Å²) in [6.45, 7) is 0.297. The Bertz CT molecular complexity index is 409. The van der Waals surface area contributed by atoms with Crippen LogP contribution in [0, 0.1) is 0 Å². The fourth-order valence-corrected chi connectivity index (χ4v) is 1.96. The zero-order chi connectivity index (χ0) is 11.9. The molecule has 2 atom stereocenters. The van der Waals surface area contributed by atoms with Gasteiger partial charge in [0.25, 0.3) is 0 Å². The van der Waals surface area contributed by atoms with E-state index in [-0.39, 0.29) is 42.0 Å². The number of rotatable bonds is 3. The van der Waals surface area contributed by atoms with E-state index < -0.39 is 23.9 Å². The maximum Gasteiger partial charge on any atom is 1.00 e. The van der Waals surface area contributed by atoms with Crippen LogP contribution in [0.3, 0.4) is 0 Å². The third-order valence-electron chi connectivity index (χ3n) is 2.69. The van der Waals surface area contributed by atoms with Crippen molar-refractivity contribution in [2.24, 2.45) is 11.5 Å². The minimum absolute atomic E-state index is 0. The van der Waals surface area contributed by atoms with Crippen molar-refractivity contribution in [2.45, 2.75) is 18.5 Å². The Morgan fingerprint density at radius 3 is 2.65 bits per heavy atom. The SMILES string of the molecule is NC(=O)CC1=C[C@@H](C(N)=O)N2C[C@@H]1[N-]C2=O.[Na+]. The molecule has 2 bridgehead atoms. The summed E-state index contributed by atoms with van der Waals surface area (Å²) in [5.74, 6) is -1.15. The molecule has 0 aliphatic carbocycles. The van der Waals surface area contributed by atoms with Gasteiger partial charge in [0.2, 0.25) is 11.8 Å². The van der Waals surface area contributed by atoms with Gasteiger partial charge in [0, 0.05) is 6.42 Å². The third-order valence-corrected chi connectivity index (χ3v) is 2.69. The summed E-state index contributed by atoms with van der Waals surface area (Å²) in [4.78, 5) is 34.7. The predicted molar refractivity (Wildman–Crippen MR) is 54.1 cm³/mol. The maximum atomic E-state index is 11.4. The minimum Gasteiger partial charge on any atom is -0.423 e. The number of fused-ring (bicyclic) bond motifs is 2. The van der Waals surface area contributed by atoms with Gasteiger partial charge in [-0.05, 0) is 12.6 Å². The van der Waals surface area contributed by atoms with Gasteiger partial charge in [-0.25, -0.2) is 0 Å². The first-order valence-electron chi connectivity index (χ1n) is 4.78. The first-order chi connectivity index (χ1) is 7.49. The maximum absolute atomic E-state index is 11.4. The molecule has 0 radical (unpaired) electrons. The van der Waals surface area contributed by atoms with Gasteiger partial charge < -0.3 is 21.7 Å². The van der Waals surface area contributed by atoms with Gasteiger partial charge in [0.1, 0.15) is 0 Å². The summed E-state index contributed by atoms with van der Waals surface area (Å²) in [7, 11) is 0. The van der Waals surface area contributed by atoms with Gasteiger partial charge in [-0.15, -0.1) is 0 Å². The summed E-state index contributed by atoms with van der Waals surface area (Å²) >= 11 is 0. The number of carbonyl (C=O) groups excluding carboxylic acids is 3. The molecular weight excluding hydrogens is 235 g/mol. The van der Waals surface area contributed by atoms with Crippen molar-refractivity contribution in [3.63, 3.8) is 0 Å². The monoisotopic (exact) mass is 246 g/mol. The van der Waals surface area contributed by atoms with Crippen LogP contribution in [0.4, 0.5) is 4.79 Å². The number of hydrogen-bond donors (Lipinski definition) is 2. The van der Waals surface area contributed by atoms with E-state index in [0.717, 1.165) is 0 Å². The van der Waals surface area contributed by atoms with Gasteiger partial charge >= 0.3 is 29.6 Å². The van der Waals surface area contributed by atoms with Crippen LogP contribution in [-0.2, 0) is 9.59 Å². The van der Waals surface area contributed by atoms with E-state index in [2.05, 4.69) is 5.32 Å². The van der Waals surface area contributed by atoms with E-state index in [9.17, 15) is 14.4 Å². The number of carbonyl (C=O) groups is 3. The normalized spacial score (nSPS) is 25.8. The number of urea groups is 1. The first kappa shape index (κ1) is 14.0. The third kappa shape index (κ3) is 2.62. The smallest absolute Gasteiger partial charge is 0.423 e. The largest absolute Gasteiger partial charge is 1.00 e. The molecule has 1 saturated heterocycles. The molecule has 2 rings (SSSR count). The zero-order valence-electron chi connectivity index (χ0n) is 9.42. The Balaban J connectivity index is 0.00000144. The van der Waals surface area contributed by atoms with E-state index >= 15 is 0 Å². The molecule has 0 aromatic heterocycles. The number of amides is 4. The second-order valence-corrected chi connectivity index (χ2v) is 3.81. The Kier molecular flexibility index (Phi) is 4.18. The molecule has 8 heteroatoms. The molecule has 2 heterocycles. The second-order valence-electron chi connectivity index (χ2n) is 3.81. The van der Waals surface area contributed by atoms with Crippen LogP contribution >= 0.6 is 0 Å². The Hall–Kier alpha value is -1.05. The van der Waals surface area contributed by atoms with E-state index in [1.54, 1.807) is 0 Å². The van der Waals surface area contributed by atoms with Crippen LogP contribution < -0.4 is 41.0 Å². The van der Waals surface area contributed by atoms with Crippen LogP contribution in [0.15, 0.2) is 11.6 Å². The molecule has 7 nitrogen and oxygen atoms in total. The average Bonchev–Trinajstić information content (AvgIpc) is 2.48. The van der Waals surface area contributed by atoms with Crippen LogP contribution in [0.25, 0.3) is 5.32 Å². The molecule has 0 saturated carbocycles. The van der Waals surface area contributed by atoms with Crippen molar-refractivity contribution in [1.82, 2.24) is 4.90 Å². The number of nitrogens with two attached hydrogens (primary N) is 2. The molecule has 0 spiro atoms. The quantitative estimate of drug-likeness (QED) is 0.388. The Morgan fingerprint density at radius 1 is 1.47 bits per heavy atom. The first-order valence-corrected chi connectivity index (χ1v) is 4.78. The van der Waals surface area contributed by atoms with Crippen LogP contribution in [0.2, 0.25) is 0 Å². The average molecular weight is 246 g/mol. The van der Waals surface area contributed by atoms with Gasteiger partial charge in [-0.2, -0.15) is 0 Å². The topological polar surface area (TPSA) is 121 Å². The van der Waals surface area contributed by atoms with Crippen molar-refractivity contribution in [1.29, 1.82) is 0 Å². The fraction of sp³-hybridized carbons (Fsp3) is 0.444. The summed E-state index contributed by atoms with van der Waals surface area (Å²) in [5.41, 5.74) is 10.8. The van der Waals surface area contributed by atoms with Gasteiger partial charge in [-0.1, -0.05) is 11.6 Å². The molecule has 86 valence electrons. The number of hydrogen-bond acceptors (Lipinski definition) is 3. The molecule has 2 aliphatic rings. The fourth-order valence-electron chi connectivity index (χ4n) is 1.96. The van der Waals surface area contributed by atoms with E-state index in [4.69, 9.17) is 11.5 Å². The number of primary amides is 2. The van der Waals surface area contributed by atoms with Crippen molar-refractivity contribution in [3.8, 4) is 0 Å². The van der Waals surface area contributed by atoms with E-state index in [1.807, 2.05) is 0 Å². The molecule has 1 fully saturated rings. The zero-order valence-corrected chi connectivity index (χ0v) is 11.4. The molecule has 2 aliphatic heterocycles. The molecule has 0 unspecified atom stereocenters. The predicted octanol–water partition coefficient (Wildman–Crippen LogP) is -4.16. The van der Waals surface area contributed by atoms with Crippen molar-refractivity contribution in [2.75, 3.05) is 6.54 Å². The van der Waals surface area contributed by atoms with Gasteiger partial charge in [-0.3, -0.25) is 14.4 Å². The van der Waals surface area contributed by atoms with Gasteiger partial charge in [0.05, 0.1) is 6.04 Å².